The van der Waals surface area contributed by atoms with Crippen LogP contribution in [0.1, 0.15) is 25.0 Å². The minimum absolute atomic E-state index is 0.121. The third-order valence-corrected chi connectivity index (χ3v) is 4.56. The van der Waals surface area contributed by atoms with Crippen molar-refractivity contribution in [1.82, 2.24) is 4.90 Å². The smallest absolute Gasteiger partial charge is 0.417 e. The van der Waals surface area contributed by atoms with Crippen molar-refractivity contribution in [3.05, 3.63) is 65.7 Å². The number of imide groups is 1. The Labute approximate surface area is 164 Å². The molecule has 0 bridgehead atoms. The Morgan fingerprint density at radius 3 is 2.57 bits per heavy atom. The molecule has 0 aliphatic carbocycles. The second-order valence-electron chi connectivity index (χ2n) is 7.18. The summed E-state index contributed by atoms with van der Waals surface area (Å²) in [5.74, 6) is -0.295. The fourth-order valence-corrected chi connectivity index (χ4v) is 3.34. The Balaban J connectivity index is 1.79. The monoisotopic (exact) mass is 383 g/mol. The molecule has 0 saturated carbocycles. The van der Waals surface area contributed by atoms with Crippen LogP contribution >= 0.6 is 0 Å². The van der Waals surface area contributed by atoms with Gasteiger partial charge in [-0.3, -0.25) is 4.79 Å². The molecule has 2 amide bonds. The molecule has 2 aromatic carbocycles. The van der Waals surface area contributed by atoms with E-state index in [-0.39, 0.29) is 30.9 Å². The van der Waals surface area contributed by atoms with E-state index in [1.54, 1.807) is 18.2 Å². The van der Waals surface area contributed by atoms with Gasteiger partial charge in [0.25, 0.3) is 5.91 Å². The van der Waals surface area contributed by atoms with Crippen LogP contribution in [-0.2, 0) is 27.1 Å². The van der Waals surface area contributed by atoms with E-state index in [4.69, 9.17) is 9.47 Å². The van der Waals surface area contributed by atoms with E-state index in [2.05, 4.69) is 0 Å². The number of carbonyl (C=O) groups is 2. The van der Waals surface area contributed by atoms with Crippen LogP contribution in [0, 0.1) is 0 Å². The highest BCUT2D eigenvalue weighted by molar-refractivity contribution is 5.96. The van der Waals surface area contributed by atoms with Crippen molar-refractivity contribution in [3.8, 4) is 5.75 Å². The Bertz CT molecular complexity index is 821. The molecule has 1 fully saturated rings. The van der Waals surface area contributed by atoms with Crippen molar-refractivity contribution in [2.75, 3.05) is 6.61 Å². The molecule has 0 radical (unpaired) electrons. The van der Waals surface area contributed by atoms with Gasteiger partial charge >= 0.3 is 6.09 Å². The molecule has 28 heavy (non-hydrogen) atoms. The lowest BCUT2D eigenvalue weighted by Crippen LogP contribution is -2.47. The molecular weight excluding hydrogens is 358 g/mol. The number of benzene rings is 2. The van der Waals surface area contributed by atoms with E-state index in [1.165, 1.54) is 4.90 Å². The average molecular weight is 383 g/mol. The first-order valence-electron chi connectivity index (χ1n) is 9.41. The van der Waals surface area contributed by atoms with Crippen molar-refractivity contribution < 1.29 is 24.2 Å². The van der Waals surface area contributed by atoms with Crippen molar-refractivity contribution in [2.24, 2.45) is 0 Å². The molecule has 2 atom stereocenters. The number of aromatic hydroxyl groups is 1. The van der Waals surface area contributed by atoms with Crippen LogP contribution in [0.15, 0.2) is 54.6 Å². The van der Waals surface area contributed by atoms with Gasteiger partial charge in [-0.2, -0.15) is 0 Å². The average Bonchev–Trinajstić information content (AvgIpc) is 3.01. The van der Waals surface area contributed by atoms with Crippen molar-refractivity contribution >= 4 is 12.0 Å². The number of carbonyl (C=O) groups excluding carboxylic acids is 2. The molecule has 1 heterocycles. The zero-order chi connectivity index (χ0) is 20.1. The van der Waals surface area contributed by atoms with Crippen LogP contribution < -0.4 is 0 Å². The first kappa shape index (κ1) is 19.9. The van der Waals surface area contributed by atoms with E-state index in [1.807, 2.05) is 50.2 Å². The molecule has 148 valence electrons. The second-order valence-corrected chi connectivity index (χ2v) is 7.18. The molecular formula is C22H25NO5. The molecule has 6 nitrogen and oxygen atoms in total. The normalized spacial score (nSPS) is 17.6. The van der Waals surface area contributed by atoms with E-state index in [0.29, 0.717) is 6.42 Å². The number of rotatable bonds is 7. The summed E-state index contributed by atoms with van der Waals surface area (Å²) in [6.07, 6.45) is -0.895. The number of hydrogen-bond acceptors (Lipinski definition) is 5. The predicted molar refractivity (Wildman–Crippen MR) is 104 cm³/mol. The van der Waals surface area contributed by atoms with Gasteiger partial charge in [0.05, 0.1) is 12.1 Å². The Kier molecular flexibility index (Phi) is 6.31. The molecule has 0 unspecified atom stereocenters. The van der Waals surface area contributed by atoms with E-state index >= 15 is 0 Å². The van der Waals surface area contributed by atoms with Crippen LogP contribution in [0.5, 0.6) is 5.75 Å². The number of hydrogen-bond donors (Lipinski definition) is 1. The molecule has 1 saturated heterocycles. The molecule has 6 heteroatoms. The summed E-state index contributed by atoms with van der Waals surface area (Å²) in [6, 6.07) is 16.0. The van der Waals surface area contributed by atoms with Gasteiger partial charge in [-0.15, -0.1) is 0 Å². The van der Waals surface area contributed by atoms with Gasteiger partial charge in [-0.05, 0) is 43.5 Å². The van der Waals surface area contributed by atoms with Gasteiger partial charge < -0.3 is 14.6 Å². The highest BCUT2D eigenvalue weighted by Crippen LogP contribution is 2.22. The van der Waals surface area contributed by atoms with E-state index < -0.39 is 18.1 Å². The number of nitrogens with zero attached hydrogens (tertiary/aromatic N) is 1. The summed E-state index contributed by atoms with van der Waals surface area (Å²) in [5.41, 5.74) is 1.78. The number of ether oxygens (including phenoxy) is 2. The minimum Gasteiger partial charge on any atom is -0.508 e. The summed E-state index contributed by atoms with van der Waals surface area (Å²) >= 11 is 0. The third kappa shape index (κ3) is 4.89. The molecule has 0 spiro atoms. The minimum atomic E-state index is -0.842. The highest BCUT2D eigenvalue weighted by atomic mass is 16.6. The van der Waals surface area contributed by atoms with Crippen LogP contribution in [0.4, 0.5) is 4.79 Å². The van der Waals surface area contributed by atoms with Crippen molar-refractivity contribution in [2.45, 2.75) is 44.9 Å². The molecule has 1 aliphatic rings. The standard InChI is InChI=1S/C22H25NO5/c1-15(2)28-20(13-17-9-6-10-19(24)12-17)21(25)23-18(14-27-22(23)26)11-16-7-4-3-5-8-16/h3-10,12,15,18,20,24H,11,13-14H2,1-2H3/t18-,20-/m0/s1. The first-order valence-corrected chi connectivity index (χ1v) is 9.41. The van der Waals surface area contributed by atoms with Gasteiger partial charge in [0.2, 0.25) is 0 Å². The van der Waals surface area contributed by atoms with Gasteiger partial charge in [0, 0.05) is 6.42 Å². The van der Waals surface area contributed by atoms with Gasteiger partial charge in [0.15, 0.2) is 0 Å². The molecule has 3 rings (SSSR count). The summed E-state index contributed by atoms with van der Waals surface area (Å²) in [5, 5.41) is 9.70. The highest BCUT2D eigenvalue weighted by Gasteiger charge is 2.41. The quantitative estimate of drug-likeness (QED) is 0.794. The zero-order valence-electron chi connectivity index (χ0n) is 16.1. The van der Waals surface area contributed by atoms with Crippen LogP contribution in [-0.4, -0.2) is 46.9 Å². The molecule has 1 N–H and O–H groups in total. The first-order chi connectivity index (χ1) is 13.4. The van der Waals surface area contributed by atoms with E-state index in [9.17, 15) is 14.7 Å². The molecule has 1 aliphatic heterocycles. The summed E-state index contributed by atoms with van der Waals surface area (Å²) in [6.45, 7) is 3.85. The van der Waals surface area contributed by atoms with Gasteiger partial charge in [0.1, 0.15) is 18.5 Å². The Morgan fingerprint density at radius 2 is 1.89 bits per heavy atom. The van der Waals surface area contributed by atoms with Crippen molar-refractivity contribution in [3.63, 3.8) is 0 Å². The lowest BCUT2D eigenvalue weighted by Gasteiger charge is -2.26. The predicted octanol–water partition coefficient (Wildman–Crippen LogP) is 3.32. The van der Waals surface area contributed by atoms with Crippen LogP contribution in [0.3, 0.4) is 0 Å². The van der Waals surface area contributed by atoms with E-state index in [0.717, 1.165) is 11.1 Å². The number of cyclic esters (lactones) is 1. The number of phenols is 1. The topological polar surface area (TPSA) is 76.1 Å². The number of amides is 2. The zero-order valence-corrected chi connectivity index (χ0v) is 16.1. The number of phenolic OH excluding ortho intramolecular Hbond substituents is 1. The van der Waals surface area contributed by atoms with Crippen molar-refractivity contribution in [1.29, 1.82) is 0 Å². The lowest BCUT2D eigenvalue weighted by molar-refractivity contribution is -0.144. The van der Waals surface area contributed by atoms with Crippen LogP contribution in [0.2, 0.25) is 0 Å². The lowest BCUT2D eigenvalue weighted by atomic mass is 10.0. The maximum atomic E-state index is 13.2. The van der Waals surface area contributed by atoms with Crippen LogP contribution in [0.25, 0.3) is 0 Å². The van der Waals surface area contributed by atoms with Gasteiger partial charge in [-0.1, -0.05) is 42.5 Å². The molecule has 0 aromatic heterocycles. The maximum absolute atomic E-state index is 13.2. The second kappa shape index (κ2) is 8.89. The third-order valence-electron chi connectivity index (χ3n) is 4.56. The molecule has 2 aromatic rings. The maximum Gasteiger partial charge on any atom is 0.417 e. The Hall–Kier alpha value is -2.86. The fraction of sp³-hybridized carbons (Fsp3) is 0.364. The SMILES string of the molecule is CC(C)O[C@@H](Cc1cccc(O)c1)C(=O)N1C(=O)OC[C@@H]1Cc1ccccc1. The van der Waals surface area contributed by atoms with Gasteiger partial charge in [-0.25, -0.2) is 9.69 Å². The summed E-state index contributed by atoms with van der Waals surface area (Å²) < 4.78 is 11.0. The largest absolute Gasteiger partial charge is 0.508 e. The summed E-state index contributed by atoms with van der Waals surface area (Å²) in [7, 11) is 0. The fourth-order valence-electron chi connectivity index (χ4n) is 3.34. The summed E-state index contributed by atoms with van der Waals surface area (Å²) in [4.78, 5) is 26.7. The Morgan fingerprint density at radius 1 is 1.18 bits per heavy atom.